The van der Waals surface area contributed by atoms with Crippen LogP contribution >= 0.6 is 0 Å². The van der Waals surface area contributed by atoms with Crippen LogP contribution in [0.2, 0.25) is 0 Å². The van der Waals surface area contributed by atoms with Crippen LogP contribution in [-0.2, 0) is 11.2 Å². The van der Waals surface area contributed by atoms with Gasteiger partial charge >= 0.3 is 0 Å². The monoisotopic (exact) mass is 334 g/mol. The lowest BCUT2D eigenvalue weighted by atomic mass is 10.1. The molecule has 1 N–H and O–H groups in total. The Bertz CT molecular complexity index is 892. The summed E-state index contributed by atoms with van der Waals surface area (Å²) in [5.74, 6) is 1.02. The first-order valence-electron chi connectivity index (χ1n) is 8.89. The summed E-state index contributed by atoms with van der Waals surface area (Å²) in [5, 5.41) is 3.14. The number of amides is 1. The summed E-state index contributed by atoms with van der Waals surface area (Å²) in [7, 11) is 0. The maximum Gasteiger partial charge on any atom is 0.224 e. The molecule has 1 aromatic carbocycles. The van der Waals surface area contributed by atoms with Gasteiger partial charge in [0.2, 0.25) is 5.91 Å². The number of carbonyl (C=O) groups is 1. The van der Waals surface area contributed by atoms with Crippen LogP contribution in [0.25, 0.3) is 16.9 Å². The van der Waals surface area contributed by atoms with Crippen LogP contribution < -0.4 is 5.32 Å². The van der Waals surface area contributed by atoms with Gasteiger partial charge in [-0.2, -0.15) is 0 Å². The number of nitrogens with one attached hydrogen (secondary N) is 1. The molecule has 4 rings (SSSR count). The first kappa shape index (κ1) is 15.8. The Morgan fingerprint density at radius 1 is 1.20 bits per heavy atom. The first-order valence-corrected chi connectivity index (χ1v) is 8.89. The molecule has 1 aliphatic carbocycles. The zero-order chi connectivity index (χ0) is 17.2. The SMILES string of the molecule is Cc1nc2cccnc2n1-c1ccc(CC(=O)NC2CCCC2)cc1. The van der Waals surface area contributed by atoms with Gasteiger partial charge in [0, 0.05) is 17.9 Å². The highest BCUT2D eigenvalue weighted by atomic mass is 16.1. The standard InChI is InChI=1S/C20H22N4O/c1-14-22-18-7-4-12-21-20(18)24(14)17-10-8-15(9-11-17)13-19(25)23-16-5-2-3-6-16/h4,7-12,16H,2-3,5-6,13H2,1H3,(H,23,25). The fourth-order valence-corrected chi connectivity index (χ4v) is 3.63. The summed E-state index contributed by atoms with van der Waals surface area (Å²) in [6.07, 6.45) is 6.90. The van der Waals surface area contributed by atoms with Gasteiger partial charge in [-0.1, -0.05) is 25.0 Å². The van der Waals surface area contributed by atoms with E-state index in [9.17, 15) is 4.79 Å². The van der Waals surface area contributed by atoms with E-state index in [4.69, 9.17) is 0 Å². The smallest absolute Gasteiger partial charge is 0.224 e. The first-order chi connectivity index (χ1) is 12.2. The largest absolute Gasteiger partial charge is 0.353 e. The fraction of sp³-hybridized carbons (Fsp3) is 0.350. The Balaban J connectivity index is 1.51. The molecule has 0 spiro atoms. The van der Waals surface area contributed by atoms with E-state index >= 15 is 0 Å². The summed E-state index contributed by atoms with van der Waals surface area (Å²) in [6.45, 7) is 1.98. The highest BCUT2D eigenvalue weighted by Gasteiger charge is 2.17. The van der Waals surface area contributed by atoms with Crippen molar-refractivity contribution in [1.82, 2.24) is 19.9 Å². The predicted molar refractivity (Wildman–Crippen MR) is 97.7 cm³/mol. The van der Waals surface area contributed by atoms with Crippen molar-refractivity contribution in [2.45, 2.75) is 45.1 Å². The average Bonchev–Trinajstić information content (AvgIpc) is 3.22. The highest BCUT2D eigenvalue weighted by molar-refractivity contribution is 5.79. The number of pyridine rings is 1. The Morgan fingerprint density at radius 3 is 2.72 bits per heavy atom. The summed E-state index contributed by atoms with van der Waals surface area (Å²) in [6, 6.07) is 12.3. The van der Waals surface area contributed by atoms with E-state index in [0.29, 0.717) is 12.5 Å². The van der Waals surface area contributed by atoms with E-state index in [1.807, 2.05) is 47.9 Å². The van der Waals surface area contributed by atoms with Gasteiger partial charge in [0.05, 0.1) is 6.42 Å². The number of aromatic nitrogens is 3. The number of imidazole rings is 1. The highest BCUT2D eigenvalue weighted by Crippen LogP contribution is 2.20. The molecule has 1 fully saturated rings. The Labute approximate surface area is 147 Å². The minimum atomic E-state index is 0.116. The van der Waals surface area contributed by atoms with E-state index in [1.165, 1.54) is 12.8 Å². The number of benzene rings is 1. The van der Waals surface area contributed by atoms with E-state index in [2.05, 4.69) is 15.3 Å². The van der Waals surface area contributed by atoms with E-state index in [-0.39, 0.29) is 5.91 Å². The Hall–Kier alpha value is -2.69. The molecular weight excluding hydrogens is 312 g/mol. The van der Waals surface area contributed by atoms with Gasteiger partial charge in [0.1, 0.15) is 11.3 Å². The van der Waals surface area contributed by atoms with Crippen molar-refractivity contribution < 1.29 is 4.79 Å². The van der Waals surface area contributed by atoms with Crippen molar-refractivity contribution in [3.05, 3.63) is 54.0 Å². The lowest BCUT2D eigenvalue weighted by Gasteiger charge is -2.12. The summed E-state index contributed by atoms with van der Waals surface area (Å²) >= 11 is 0. The topological polar surface area (TPSA) is 59.8 Å². The normalized spacial score (nSPS) is 14.9. The number of hydrogen-bond donors (Lipinski definition) is 1. The summed E-state index contributed by atoms with van der Waals surface area (Å²) in [4.78, 5) is 21.2. The van der Waals surface area contributed by atoms with Crippen LogP contribution in [0.4, 0.5) is 0 Å². The van der Waals surface area contributed by atoms with Crippen LogP contribution in [-0.4, -0.2) is 26.5 Å². The lowest BCUT2D eigenvalue weighted by molar-refractivity contribution is -0.121. The molecule has 2 heterocycles. The van der Waals surface area contributed by atoms with E-state index in [1.54, 1.807) is 6.20 Å². The zero-order valence-electron chi connectivity index (χ0n) is 14.4. The number of carbonyl (C=O) groups excluding carboxylic acids is 1. The third-order valence-corrected chi connectivity index (χ3v) is 4.86. The van der Waals surface area contributed by atoms with Crippen LogP contribution in [0.1, 0.15) is 37.1 Å². The maximum absolute atomic E-state index is 12.2. The molecule has 0 radical (unpaired) electrons. The number of aryl methyl sites for hydroxylation is 1. The van der Waals surface area contributed by atoms with Crippen LogP contribution in [0.3, 0.4) is 0 Å². The van der Waals surface area contributed by atoms with Crippen molar-refractivity contribution in [2.24, 2.45) is 0 Å². The second-order valence-corrected chi connectivity index (χ2v) is 6.73. The second kappa shape index (κ2) is 6.67. The molecule has 3 aromatic rings. The molecule has 0 atom stereocenters. The summed E-state index contributed by atoms with van der Waals surface area (Å²) < 4.78 is 2.04. The van der Waals surface area contributed by atoms with Gasteiger partial charge < -0.3 is 5.32 Å². The van der Waals surface area contributed by atoms with Crippen molar-refractivity contribution in [3.63, 3.8) is 0 Å². The molecule has 2 aromatic heterocycles. The molecule has 1 amide bonds. The van der Waals surface area contributed by atoms with Crippen LogP contribution in [0, 0.1) is 6.92 Å². The van der Waals surface area contributed by atoms with Gasteiger partial charge in [-0.05, 0) is 49.6 Å². The molecular formula is C20H22N4O. The molecule has 5 nitrogen and oxygen atoms in total. The molecule has 0 unspecified atom stereocenters. The Morgan fingerprint density at radius 2 is 1.96 bits per heavy atom. The second-order valence-electron chi connectivity index (χ2n) is 6.73. The molecule has 1 aliphatic rings. The van der Waals surface area contributed by atoms with Gasteiger partial charge in [-0.3, -0.25) is 9.36 Å². The number of nitrogens with zero attached hydrogens (tertiary/aromatic N) is 3. The molecule has 1 saturated carbocycles. The minimum Gasteiger partial charge on any atom is -0.353 e. The van der Waals surface area contributed by atoms with Crippen molar-refractivity contribution in [1.29, 1.82) is 0 Å². The van der Waals surface area contributed by atoms with Crippen molar-refractivity contribution >= 4 is 17.1 Å². The van der Waals surface area contributed by atoms with Crippen molar-refractivity contribution in [3.8, 4) is 5.69 Å². The van der Waals surface area contributed by atoms with E-state index in [0.717, 1.165) is 41.1 Å². The number of hydrogen-bond acceptors (Lipinski definition) is 3. The maximum atomic E-state index is 12.2. The average molecular weight is 334 g/mol. The van der Waals surface area contributed by atoms with Gasteiger partial charge in [0.25, 0.3) is 0 Å². The fourth-order valence-electron chi connectivity index (χ4n) is 3.63. The summed E-state index contributed by atoms with van der Waals surface area (Å²) in [5.41, 5.74) is 3.78. The van der Waals surface area contributed by atoms with Gasteiger partial charge in [0.15, 0.2) is 5.65 Å². The predicted octanol–water partition coefficient (Wildman–Crippen LogP) is 3.33. The quantitative estimate of drug-likeness (QED) is 0.796. The van der Waals surface area contributed by atoms with Gasteiger partial charge in [-0.15, -0.1) is 0 Å². The third kappa shape index (κ3) is 3.27. The van der Waals surface area contributed by atoms with Crippen molar-refractivity contribution in [2.75, 3.05) is 0 Å². The number of rotatable bonds is 4. The minimum absolute atomic E-state index is 0.116. The lowest BCUT2D eigenvalue weighted by Crippen LogP contribution is -2.33. The third-order valence-electron chi connectivity index (χ3n) is 4.86. The van der Waals surface area contributed by atoms with Gasteiger partial charge in [-0.25, -0.2) is 9.97 Å². The van der Waals surface area contributed by atoms with Crippen LogP contribution in [0.5, 0.6) is 0 Å². The molecule has 128 valence electrons. The molecule has 0 saturated heterocycles. The Kier molecular flexibility index (Phi) is 4.22. The zero-order valence-corrected chi connectivity index (χ0v) is 14.4. The molecule has 0 bridgehead atoms. The molecule has 25 heavy (non-hydrogen) atoms. The molecule has 0 aliphatic heterocycles. The van der Waals surface area contributed by atoms with E-state index < -0.39 is 0 Å². The molecule has 5 heteroatoms. The number of fused-ring (bicyclic) bond motifs is 1. The van der Waals surface area contributed by atoms with Crippen LogP contribution in [0.15, 0.2) is 42.6 Å².